The molecular formula is C25H36N2O2. The van der Waals surface area contributed by atoms with Gasteiger partial charge in [-0.15, -0.1) is 0 Å². The predicted molar refractivity (Wildman–Crippen MR) is 120 cm³/mol. The van der Waals surface area contributed by atoms with E-state index < -0.39 is 0 Å². The molecule has 2 aromatic carbocycles. The highest BCUT2D eigenvalue weighted by Crippen LogP contribution is 2.24. The third kappa shape index (κ3) is 6.33. The summed E-state index contributed by atoms with van der Waals surface area (Å²) in [7, 11) is 2.15. The Hall–Kier alpha value is -2.33. The third-order valence-corrected chi connectivity index (χ3v) is 5.76. The van der Waals surface area contributed by atoms with Crippen molar-refractivity contribution in [3.63, 3.8) is 0 Å². The van der Waals surface area contributed by atoms with E-state index in [2.05, 4.69) is 50.2 Å². The summed E-state index contributed by atoms with van der Waals surface area (Å²) in [4.78, 5) is 15.5. The maximum absolute atomic E-state index is 13.2. The molecule has 0 heterocycles. The van der Waals surface area contributed by atoms with Crippen molar-refractivity contribution in [2.45, 2.75) is 52.6 Å². The summed E-state index contributed by atoms with van der Waals surface area (Å²) in [5.41, 5.74) is 1.68. The van der Waals surface area contributed by atoms with E-state index in [-0.39, 0.29) is 18.0 Å². The van der Waals surface area contributed by atoms with E-state index in [0.29, 0.717) is 23.8 Å². The quantitative estimate of drug-likeness (QED) is 0.559. The van der Waals surface area contributed by atoms with Crippen molar-refractivity contribution in [1.82, 2.24) is 10.2 Å². The molecule has 0 aliphatic heterocycles. The summed E-state index contributed by atoms with van der Waals surface area (Å²) in [5.74, 6) is 1.18. The zero-order valence-corrected chi connectivity index (χ0v) is 18.5. The van der Waals surface area contributed by atoms with Crippen molar-refractivity contribution in [3.8, 4) is 5.75 Å². The predicted octanol–water partition coefficient (Wildman–Crippen LogP) is 5.31. The normalized spacial score (nSPS) is 13.3. The zero-order chi connectivity index (χ0) is 21.2. The van der Waals surface area contributed by atoms with Crippen molar-refractivity contribution >= 4 is 5.91 Å². The number of carbonyl (C=O) groups excluding carboxylic acids is 1. The van der Waals surface area contributed by atoms with Crippen LogP contribution in [-0.2, 0) is 0 Å². The molecule has 0 aliphatic rings. The first-order valence-electron chi connectivity index (χ1n) is 10.8. The Morgan fingerprint density at radius 1 is 1.00 bits per heavy atom. The topological polar surface area (TPSA) is 41.6 Å². The highest BCUT2D eigenvalue weighted by molar-refractivity contribution is 5.97. The Bertz CT molecular complexity index is 743. The van der Waals surface area contributed by atoms with E-state index in [4.69, 9.17) is 4.74 Å². The van der Waals surface area contributed by atoms with Crippen molar-refractivity contribution in [2.75, 3.05) is 20.2 Å². The number of likely N-dealkylation sites (N-methyl/N-ethyl adjacent to an activating group) is 1. The SMILES string of the molecule is CCOc1ccccc1C(=O)N[C@H](c1ccccc1)C(C)N(C)CC(CC)CC. The van der Waals surface area contributed by atoms with Gasteiger partial charge >= 0.3 is 0 Å². The van der Waals surface area contributed by atoms with E-state index >= 15 is 0 Å². The molecule has 0 bridgehead atoms. The molecule has 0 saturated carbocycles. The molecule has 1 unspecified atom stereocenters. The van der Waals surface area contributed by atoms with Gasteiger partial charge in [0.15, 0.2) is 0 Å². The molecule has 0 aliphatic carbocycles. The highest BCUT2D eigenvalue weighted by atomic mass is 16.5. The Kier molecular flexibility index (Phi) is 9.20. The summed E-state index contributed by atoms with van der Waals surface area (Å²) in [6.45, 7) is 10.1. The van der Waals surface area contributed by atoms with Crippen molar-refractivity contribution in [2.24, 2.45) is 5.92 Å². The number of ether oxygens (including phenoxy) is 1. The highest BCUT2D eigenvalue weighted by Gasteiger charge is 2.27. The Morgan fingerprint density at radius 3 is 2.24 bits per heavy atom. The first-order valence-corrected chi connectivity index (χ1v) is 10.8. The second-order valence-corrected chi connectivity index (χ2v) is 7.65. The summed E-state index contributed by atoms with van der Waals surface area (Å²) >= 11 is 0. The van der Waals surface area contributed by atoms with Crippen LogP contribution in [0.25, 0.3) is 0 Å². The minimum Gasteiger partial charge on any atom is -0.493 e. The molecule has 2 rings (SSSR count). The van der Waals surface area contributed by atoms with E-state index in [1.165, 1.54) is 0 Å². The summed E-state index contributed by atoms with van der Waals surface area (Å²) in [6, 6.07) is 17.7. The minimum absolute atomic E-state index is 0.106. The van der Waals surface area contributed by atoms with Gasteiger partial charge in [0.1, 0.15) is 5.75 Å². The first kappa shape index (κ1) is 23.0. The molecule has 0 aromatic heterocycles. The molecule has 4 heteroatoms. The fourth-order valence-corrected chi connectivity index (χ4v) is 3.67. The number of nitrogens with one attached hydrogen (secondary N) is 1. The van der Waals surface area contributed by atoms with Crippen LogP contribution in [0.4, 0.5) is 0 Å². The van der Waals surface area contributed by atoms with Gasteiger partial charge in [-0.05, 0) is 44.5 Å². The summed E-state index contributed by atoms with van der Waals surface area (Å²) in [6.07, 6.45) is 2.33. The number of hydrogen-bond acceptors (Lipinski definition) is 3. The van der Waals surface area contributed by atoms with Crippen LogP contribution < -0.4 is 10.1 Å². The van der Waals surface area contributed by atoms with E-state index in [1.54, 1.807) is 0 Å². The molecule has 1 N–H and O–H groups in total. The van der Waals surface area contributed by atoms with Crippen LogP contribution in [0.1, 0.15) is 62.5 Å². The van der Waals surface area contributed by atoms with Gasteiger partial charge in [0.2, 0.25) is 0 Å². The summed E-state index contributed by atoms with van der Waals surface area (Å²) < 4.78 is 5.66. The number of carbonyl (C=O) groups is 1. The van der Waals surface area contributed by atoms with Crippen molar-refractivity contribution in [1.29, 1.82) is 0 Å². The Morgan fingerprint density at radius 2 is 1.62 bits per heavy atom. The van der Waals surface area contributed by atoms with Gasteiger partial charge in [-0.2, -0.15) is 0 Å². The molecule has 158 valence electrons. The van der Waals surface area contributed by atoms with Crippen LogP contribution in [0.5, 0.6) is 5.75 Å². The smallest absolute Gasteiger partial charge is 0.255 e. The molecule has 1 amide bonds. The molecule has 2 atom stereocenters. The molecule has 0 saturated heterocycles. The van der Waals surface area contributed by atoms with Crippen LogP contribution in [0.3, 0.4) is 0 Å². The minimum atomic E-state index is -0.113. The van der Waals surface area contributed by atoms with Gasteiger partial charge in [-0.1, -0.05) is 69.2 Å². The Labute approximate surface area is 176 Å². The average Bonchev–Trinajstić information content (AvgIpc) is 2.76. The fraction of sp³-hybridized carbons (Fsp3) is 0.480. The number of benzene rings is 2. The van der Waals surface area contributed by atoms with Crippen LogP contribution in [0.2, 0.25) is 0 Å². The third-order valence-electron chi connectivity index (χ3n) is 5.76. The van der Waals surface area contributed by atoms with Gasteiger partial charge in [0, 0.05) is 12.6 Å². The van der Waals surface area contributed by atoms with Gasteiger partial charge in [-0.25, -0.2) is 0 Å². The van der Waals surface area contributed by atoms with Crippen LogP contribution in [0, 0.1) is 5.92 Å². The van der Waals surface area contributed by atoms with Crippen LogP contribution in [-0.4, -0.2) is 37.0 Å². The van der Waals surface area contributed by atoms with E-state index in [0.717, 1.165) is 24.9 Å². The average molecular weight is 397 g/mol. The molecule has 29 heavy (non-hydrogen) atoms. The van der Waals surface area contributed by atoms with Gasteiger partial charge in [0.05, 0.1) is 18.2 Å². The lowest BCUT2D eigenvalue weighted by Crippen LogP contribution is -2.44. The fourth-order valence-electron chi connectivity index (χ4n) is 3.67. The maximum Gasteiger partial charge on any atom is 0.255 e. The molecular weight excluding hydrogens is 360 g/mol. The molecule has 0 radical (unpaired) electrons. The number of para-hydroxylation sites is 1. The van der Waals surface area contributed by atoms with E-state index in [9.17, 15) is 4.79 Å². The second-order valence-electron chi connectivity index (χ2n) is 7.65. The van der Waals surface area contributed by atoms with Crippen LogP contribution in [0.15, 0.2) is 54.6 Å². The molecule has 2 aromatic rings. The van der Waals surface area contributed by atoms with Crippen molar-refractivity contribution < 1.29 is 9.53 Å². The number of rotatable bonds is 11. The second kappa shape index (κ2) is 11.6. The standard InChI is InChI=1S/C25H36N2O2/c1-6-20(7-2)18-27(5)19(4)24(21-14-10-9-11-15-21)26-25(28)22-16-12-13-17-23(22)29-8-3/h9-17,19-20,24H,6-8,18H2,1-5H3,(H,26,28)/t19?,24-/m0/s1. The summed E-state index contributed by atoms with van der Waals surface area (Å²) in [5, 5.41) is 3.28. The zero-order valence-electron chi connectivity index (χ0n) is 18.5. The van der Waals surface area contributed by atoms with Crippen molar-refractivity contribution in [3.05, 3.63) is 65.7 Å². The number of hydrogen-bond donors (Lipinski definition) is 1. The lowest BCUT2D eigenvalue weighted by Gasteiger charge is -2.35. The lowest BCUT2D eigenvalue weighted by atomic mass is 9.96. The van der Waals surface area contributed by atoms with Gasteiger partial charge < -0.3 is 15.0 Å². The van der Waals surface area contributed by atoms with Gasteiger partial charge in [-0.3, -0.25) is 4.79 Å². The van der Waals surface area contributed by atoms with Crippen LogP contribution >= 0.6 is 0 Å². The Balaban J connectivity index is 2.26. The molecule has 0 fully saturated rings. The monoisotopic (exact) mass is 396 g/mol. The molecule has 4 nitrogen and oxygen atoms in total. The largest absolute Gasteiger partial charge is 0.493 e. The van der Waals surface area contributed by atoms with E-state index in [1.807, 2.05) is 49.4 Å². The van der Waals surface area contributed by atoms with Gasteiger partial charge in [0.25, 0.3) is 5.91 Å². The number of nitrogens with zero attached hydrogens (tertiary/aromatic N) is 1. The first-order chi connectivity index (χ1) is 14.0. The lowest BCUT2D eigenvalue weighted by molar-refractivity contribution is 0.0894. The molecule has 0 spiro atoms. The number of amides is 1. The maximum atomic E-state index is 13.2.